The molecule has 0 fully saturated rings. The molecule has 1 aromatic heterocycles. The second-order valence-corrected chi connectivity index (χ2v) is 4.41. The zero-order valence-corrected chi connectivity index (χ0v) is 9.95. The lowest BCUT2D eigenvalue weighted by molar-refractivity contribution is 0.139. The first kappa shape index (κ1) is 10.5. The molecule has 0 saturated carbocycles. The standard InChI is InChI=1S/C9H15N5S/c1-13(2)9-7(4-10-6-14(9)3)8-5-11-15-12-8/h4-5,9-10H,6H2,1-3H3/t9-/m0/s1. The van der Waals surface area contributed by atoms with Gasteiger partial charge < -0.3 is 5.32 Å². The van der Waals surface area contributed by atoms with Crippen molar-refractivity contribution in [1.82, 2.24) is 23.9 Å². The van der Waals surface area contributed by atoms with E-state index in [2.05, 4.69) is 45.0 Å². The van der Waals surface area contributed by atoms with Crippen LogP contribution in [0.15, 0.2) is 12.4 Å². The number of nitrogens with one attached hydrogen (secondary N) is 1. The maximum Gasteiger partial charge on any atom is 0.104 e. The largest absolute Gasteiger partial charge is 0.378 e. The van der Waals surface area contributed by atoms with Gasteiger partial charge >= 0.3 is 0 Å². The fourth-order valence-electron chi connectivity index (χ4n) is 1.87. The third-order valence-corrected chi connectivity index (χ3v) is 2.92. The van der Waals surface area contributed by atoms with Crippen LogP contribution in [0.2, 0.25) is 0 Å². The van der Waals surface area contributed by atoms with Gasteiger partial charge in [0.25, 0.3) is 0 Å². The Bertz CT molecular complexity index is 345. The van der Waals surface area contributed by atoms with Crippen molar-refractivity contribution < 1.29 is 0 Å². The van der Waals surface area contributed by atoms with E-state index in [4.69, 9.17) is 0 Å². The van der Waals surface area contributed by atoms with Crippen LogP contribution in [0.25, 0.3) is 5.57 Å². The maximum absolute atomic E-state index is 4.28. The first-order chi connectivity index (χ1) is 7.20. The molecule has 1 atom stereocenters. The molecule has 2 heterocycles. The normalized spacial score (nSPS) is 22.7. The molecule has 0 saturated heterocycles. The van der Waals surface area contributed by atoms with Gasteiger partial charge in [-0.25, -0.2) is 0 Å². The van der Waals surface area contributed by atoms with Crippen LogP contribution in [-0.2, 0) is 0 Å². The van der Waals surface area contributed by atoms with E-state index in [-0.39, 0.29) is 6.17 Å². The van der Waals surface area contributed by atoms with E-state index in [0.29, 0.717) is 0 Å². The van der Waals surface area contributed by atoms with Gasteiger partial charge in [-0.05, 0) is 21.1 Å². The Morgan fingerprint density at radius 3 is 3.00 bits per heavy atom. The summed E-state index contributed by atoms with van der Waals surface area (Å²) in [6, 6.07) is 0. The van der Waals surface area contributed by atoms with Gasteiger partial charge in [-0.1, -0.05) is 0 Å². The number of hydrogen-bond donors (Lipinski definition) is 1. The van der Waals surface area contributed by atoms with Gasteiger partial charge in [-0.3, -0.25) is 9.80 Å². The van der Waals surface area contributed by atoms with Gasteiger partial charge in [0.05, 0.1) is 30.8 Å². The monoisotopic (exact) mass is 225 g/mol. The van der Waals surface area contributed by atoms with Crippen LogP contribution < -0.4 is 5.32 Å². The molecule has 1 aromatic rings. The van der Waals surface area contributed by atoms with Crippen LogP contribution in [0.3, 0.4) is 0 Å². The van der Waals surface area contributed by atoms with Crippen LogP contribution in [0.5, 0.6) is 0 Å². The quantitative estimate of drug-likeness (QED) is 0.782. The molecule has 0 amide bonds. The third-order valence-electron chi connectivity index (χ3n) is 2.44. The molecule has 5 nitrogen and oxygen atoms in total. The van der Waals surface area contributed by atoms with Crippen molar-refractivity contribution >= 4 is 17.3 Å². The summed E-state index contributed by atoms with van der Waals surface area (Å²) in [7, 11) is 6.23. The summed E-state index contributed by atoms with van der Waals surface area (Å²) in [4.78, 5) is 4.40. The van der Waals surface area contributed by atoms with Crippen molar-refractivity contribution in [3.8, 4) is 0 Å². The molecule has 6 heteroatoms. The molecule has 1 aliphatic heterocycles. The lowest BCUT2D eigenvalue weighted by atomic mass is 10.1. The van der Waals surface area contributed by atoms with Crippen molar-refractivity contribution in [2.75, 3.05) is 27.8 Å². The van der Waals surface area contributed by atoms with E-state index in [1.807, 2.05) is 12.4 Å². The Kier molecular flexibility index (Phi) is 2.99. The number of aromatic nitrogens is 2. The molecular formula is C9H15N5S. The number of likely N-dealkylation sites (N-methyl/N-ethyl adjacent to an activating group) is 2. The molecule has 0 spiro atoms. The summed E-state index contributed by atoms with van der Waals surface area (Å²) in [6.07, 6.45) is 4.10. The SMILES string of the molecule is CN(C)[C@@H]1C(c2cnsn2)=CNCN1C. The smallest absolute Gasteiger partial charge is 0.104 e. The minimum Gasteiger partial charge on any atom is -0.378 e. The van der Waals surface area contributed by atoms with Crippen molar-refractivity contribution in [3.63, 3.8) is 0 Å². The molecule has 0 aliphatic carbocycles. The summed E-state index contributed by atoms with van der Waals surface area (Å²) < 4.78 is 8.32. The molecule has 1 aliphatic rings. The summed E-state index contributed by atoms with van der Waals surface area (Å²) in [6.45, 7) is 0.851. The topological polar surface area (TPSA) is 44.3 Å². The Hall–Kier alpha value is -0.980. The maximum atomic E-state index is 4.28. The average molecular weight is 225 g/mol. The van der Waals surface area contributed by atoms with Gasteiger partial charge in [-0.2, -0.15) is 8.75 Å². The van der Waals surface area contributed by atoms with Gasteiger partial charge in [0.2, 0.25) is 0 Å². The Morgan fingerprint density at radius 1 is 1.60 bits per heavy atom. The Balaban J connectivity index is 2.32. The highest BCUT2D eigenvalue weighted by Crippen LogP contribution is 2.23. The molecule has 0 unspecified atom stereocenters. The van der Waals surface area contributed by atoms with Crippen molar-refractivity contribution in [2.24, 2.45) is 0 Å². The van der Waals surface area contributed by atoms with E-state index in [9.17, 15) is 0 Å². The first-order valence-electron chi connectivity index (χ1n) is 4.78. The van der Waals surface area contributed by atoms with Crippen molar-refractivity contribution in [2.45, 2.75) is 6.17 Å². The summed E-state index contributed by atoms with van der Waals surface area (Å²) in [5.41, 5.74) is 2.13. The zero-order chi connectivity index (χ0) is 10.8. The predicted octanol–water partition coefficient (Wildman–Crippen LogP) is 0.259. The fraction of sp³-hybridized carbons (Fsp3) is 0.556. The van der Waals surface area contributed by atoms with Crippen LogP contribution in [0.4, 0.5) is 0 Å². The van der Waals surface area contributed by atoms with E-state index in [0.717, 1.165) is 12.4 Å². The van der Waals surface area contributed by atoms with Crippen molar-refractivity contribution in [3.05, 3.63) is 18.1 Å². The van der Waals surface area contributed by atoms with Crippen LogP contribution >= 0.6 is 11.7 Å². The molecule has 0 aromatic carbocycles. The highest BCUT2D eigenvalue weighted by Gasteiger charge is 2.26. The molecule has 15 heavy (non-hydrogen) atoms. The third kappa shape index (κ3) is 2.01. The Morgan fingerprint density at radius 2 is 2.40 bits per heavy atom. The molecule has 82 valence electrons. The lowest BCUT2D eigenvalue weighted by Gasteiger charge is -2.37. The Labute approximate surface area is 93.7 Å². The van der Waals surface area contributed by atoms with E-state index in [1.54, 1.807) is 0 Å². The first-order valence-corrected chi connectivity index (χ1v) is 5.51. The second kappa shape index (κ2) is 4.26. The number of nitrogens with zero attached hydrogens (tertiary/aromatic N) is 4. The minimum atomic E-state index is 0.259. The average Bonchev–Trinajstić information content (AvgIpc) is 2.69. The number of rotatable bonds is 2. The molecule has 2 rings (SSSR count). The van der Waals surface area contributed by atoms with Gasteiger partial charge in [0.1, 0.15) is 5.69 Å². The lowest BCUT2D eigenvalue weighted by Crippen LogP contribution is -2.49. The fourth-order valence-corrected chi connectivity index (χ4v) is 2.30. The molecule has 0 bridgehead atoms. The summed E-state index contributed by atoms with van der Waals surface area (Å²) in [5, 5.41) is 3.23. The van der Waals surface area contributed by atoms with Gasteiger partial charge in [-0.15, -0.1) is 0 Å². The number of hydrogen-bond acceptors (Lipinski definition) is 6. The van der Waals surface area contributed by atoms with E-state index in [1.165, 1.54) is 17.3 Å². The molecule has 1 N–H and O–H groups in total. The second-order valence-electron chi connectivity index (χ2n) is 3.85. The van der Waals surface area contributed by atoms with Crippen molar-refractivity contribution in [1.29, 1.82) is 0 Å². The van der Waals surface area contributed by atoms with Gasteiger partial charge in [0.15, 0.2) is 0 Å². The minimum absolute atomic E-state index is 0.259. The molecule has 0 radical (unpaired) electrons. The zero-order valence-electron chi connectivity index (χ0n) is 9.14. The van der Waals surface area contributed by atoms with Crippen LogP contribution in [0.1, 0.15) is 5.69 Å². The predicted molar refractivity (Wildman–Crippen MR) is 61.1 cm³/mol. The summed E-state index contributed by atoms with van der Waals surface area (Å²) in [5.74, 6) is 0. The van der Waals surface area contributed by atoms with Crippen LogP contribution in [-0.4, -0.2) is 52.5 Å². The van der Waals surface area contributed by atoms with Crippen LogP contribution in [0, 0.1) is 0 Å². The molecular weight excluding hydrogens is 210 g/mol. The highest BCUT2D eigenvalue weighted by atomic mass is 32.1. The van der Waals surface area contributed by atoms with E-state index >= 15 is 0 Å². The highest BCUT2D eigenvalue weighted by molar-refractivity contribution is 6.99. The van der Waals surface area contributed by atoms with E-state index < -0.39 is 0 Å². The summed E-state index contributed by atoms with van der Waals surface area (Å²) >= 11 is 1.24. The van der Waals surface area contributed by atoms with Gasteiger partial charge in [0, 0.05) is 11.8 Å².